The van der Waals surface area contributed by atoms with Gasteiger partial charge in [0.25, 0.3) is 11.8 Å². The molecule has 1 heterocycles. The summed E-state index contributed by atoms with van der Waals surface area (Å²) in [6.45, 7) is 4.17. The standard InChI is InChI=1S/C27H25ClN2O2S/c1-3-4-5-19-8-14-22(15-9-19)30-26(31)24(29-21-12-10-20(28)11-13-21)25(27(30)32)33-23-16-6-18(2)7-17-23/h6-17,29H,3-5H2,1-2H3. The number of carbonyl (C=O) groups is 2. The molecule has 0 unspecified atom stereocenters. The third-order valence-electron chi connectivity index (χ3n) is 5.41. The molecule has 0 atom stereocenters. The number of thioether (sulfide) groups is 1. The van der Waals surface area contributed by atoms with E-state index in [1.165, 1.54) is 22.2 Å². The average Bonchev–Trinajstić information content (AvgIpc) is 3.05. The van der Waals surface area contributed by atoms with E-state index in [0.29, 0.717) is 21.3 Å². The second-order valence-electron chi connectivity index (χ2n) is 7.97. The first-order valence-corrected chi connectivity index (χ1v) is 12.1. The normalized spacial score (nSPS) is 13.7. The highest BCUT2D eigenvalue weighted by molar-refractivity contribution is 8.04. The lowest BCUT2D eigenvalue weighted by Crippen LogP contribution is -2.32. The Bertz CT molecular complexity index is 1120. The lowest BCUT2D eigenvalue weighted by molar-refractivity contribution is -0.120. The zero-order valence-corrected chi connectivity index (χ0v) is 20.2. The van der Waals surface area contributed by atoms with Crippen molar-refractivity contribution in [2.24, 2.45) is 0 Å². The number of carbonyl (C=O) groups excluding carboxylic acids is 2. The summed E-state index contributed by atoms with van der Waals surface area (Å²) in [6.07, 6.45) is 3.21. The number of halogens is 1. The minimum atomic E-state index is -0.370. The summed E-state index contributed by atoms with van der Waals surface area (Å²) in [5, 5.41) is 3.76. The summed E-state index contributed by atoms with van der Waals surface area (Å²) in [4.78, 5) is 29.4. The zero-order valence-electron chi connectivity index (χ0n) is 18.6. The summed E-state index contributed by atoms with van der Waals surface area (Å²) in [7, 11) is 0. The number of anilines is 2. The van der Waals surface area contributed by atoms with Crippen LogP contribution in [0.25, 0.3) is 0 Å². The van der Waals surface area contributed by atoms with Gasteiger partial charge in [-0.2, -0.15) is 0 Å². The van der Waals surface area contributed by atoms with Gasteiger partial charge >= 0.3 is 0 Å². The molecule has 4 rings (SSSR count). The van der Waals surface area contributed by atoms with Gasteiger partial charge in [-0.05, 0) is 73.9 Å². The number of unbranched alkanes of at least 4 members (excludes halogenated alkanes) is 1. The number of hydrogen-bond acceptors (Lipinski definition) is 4. The zero-order chi connectivity index (χ0) is 23.4. The van der Waals surface area contributed by atoms with Crippen LogP contribution >= 0.6 is 23.4 Å². The van der Waals surface area contributed by atoms with E-state index in [0.717, 1.165) is 29.7 Å². The Morgan fingerprint density at radius 2 is 1.55 bits per heavy atom. The minimum Gasteiger partial charge on any atom is -0.350 e. The number of hydrogen-bond donors (Lipinski definition) is 1. The van der Waals surface area contributed by atoms with Crippen LogP contribution in [0.15, 0.2) is 88.3 Å². The maximum Gasteiger partial charge on any atom is 0.283 e. The molecule has 1 aliphatic heterocycles. The fourth-order valence-electron chi connectivity index (χ4n) is 3.54. The summed E-state index contributed by atoms with van der Waals surface area (Å²) >= 11 is 7.30. The molecule has 2 amide bonds. The Morgan fingerprint density at radius 1 is 0.879 bits per heavy atom. The number of nitrogens with zero attached hydrogens (tertiary/aromatic N) is 1. The van der Waals surface area contributed by atoms with Crippen LogP contribution in [0.5, 0.6) is 0 Å². The van der Waals surface area contributed by atoms with Crippen molar-refractivity contribution in [1.82, 2.24) is 0 Å². The molecule has 4 nitrogen and oxygen atoms in total. The van der Waals surface area contributed by atoms with Crippen LogP contribution in [0, 0.1) is 6.92 Å². The molecule has 0 aromatic heterocycles. The molecule has 6 heteroatoms. The fraction of sp³-hybridized carbons (Fsp3) is 0.185. The van der Waals surface area contributed by atoms with Crippen molar-refractivity contribution in [2.45, 2.75) is 38.0 Å². The first-order chi connectivity index (χ1) is 16.0. The predicted molar refractivity (Wildman–Crippen MR) is 137 cm³/mol. The Kier molecular flexibility index (Phi) is 7.21. The van der Waals surface area contributed by atoms with Crippen molar-refractivity contribution in [1.29, 1.82) is 0 Å². The quantitative estimate of drug-likeness (QED) is 0.356. The van der Waals surface area contributed by atoms with E-state index in [1.807, 2.05) is 55.5 Å². The van der Waals surface area contributed by atoms with Crippen LogP contribution in [0.3, 0.4) is 0 Å². The van der Waals surface area contributed by atoms with Crippen molar-refractivity contribution in [3.63, 3.8) is 0 Å². The first-order valence-electron chi connectivity index (χ1n) is 11.0. The SMILES string of the molecule is CCCCc1ccc(N2C(=O)C(Nc3ccc(Cl)cc3)=C(Sc3ccc(C)cc3)C2=O)cc1. The summed E-state index contributed by atoms with van der Waals surface area (Å²) in [5.74, 6) is -0.700. The summed E-state index contributed by atoms with van der Waals surface area (Å²) in [5.41, 5.74) is 3.85. The molecule has 1 aliphatic rings. The number of amides is 2. The maximum absolute atomic E-state index is 13.5. The van der Waals surface area contributed by atoms with Crippen LogP contribution < -0.4 is 10.2 Å². The van der Waals surface area contributed by atoms with Crippen molar-refractivity contribution < 1.29 is 9.59 Å². The molecule has 0 radical (unpaired) electrons. The van der Waals surface area contributed by atoms with Crippen molar-refractivity contribution >= 4 is 46.6 Å². The summed E-state index contributed by atoms with van der Waals surface area (Å²) < 4.78 is 0. The van der Waals surface area contributed by atoms with Crippen molar-refractivity contribution in [3.05, 3.63) is 99.5 Å². The molecule has 0 spiro atoms. The Morgan fingerprint density at radius 3 is 2.18 bits per heavy atom. The number of rotatable bonds is 8. The first kappa shape index (κ1) is 23.1. The monoisotopic (exact) mass is 476 g/mol. The molecule has 0 fully saturated rings. The minimum absolute atomic E-state index is 0.267. The van der Waals surface area contributed by atoms with Crippen molar-refractivity contribution in [2.75, 3.05) is 10.2 Å². The van der Waals surface area contributed by atoms with Crippen LogP contribution in [-0.2, 0) is 16.0 Å². The molecule has 3 aromatic carbocycles. The van der Waals surface area contributed by atoms with Gasteiger partial charge in [-0.3, -0.25) is 9.59 Å². The van der Waals surface area contributed by atoms with Gasteiger partial charge in [0.1, 0.15) is 10.6 Å². The maximum atomic E-state index is 13.5. The summed E-state index contributed by atoms with van der Waals surface area (Å²) in [6, 6.07) is 22.6. The Hall–Kier alpha value is -3.02. The van der Waals surface area contributed by atoms with E-state index in [9.17, 15) is 9.59 Å². The largest absolute Gasteiger partial charge is 0.350 e. The van der Waals surface area contributed by atoms with E-state index in [-0.39, 0.29) is 17.5 Å². The average molecular weight is 477 g/mol. The molecular formula is C27H25ClN2O2S. The molecule has 0 saturated heterocycles. The van der Waals surface area contributed by atoms with Gasteiger partial charge < -0.3 is 5.32 Å². The second kappa shape index (κ2) is 10.3. The van der Waals surface area contributed by atoms with Gasteiger partial charge in [0.05, 0.1) is 5.69 Å². The highest BCUT2D eigenvalue weighted by Gasteiger charge is 2.40. The highest BCUT2D eigenvalue weighted by Crippen LogP contribution is 2.38. The number of benzene rings is 3. The molecule has 0 saturated carbocycles. The number of imide groups is 1. The Labute approximate surface area is 203 Å². The molecule has 3 aromatic rings. The van der Waals surface area contributed by atoms with Gasteiger partial charge in [0.15, 0.2) is 0 Å². The number of nitrogens with one attached hydrogen (secondary N) is 1. The Balaban J connectivity index is 1.66. The highest BCUT2D eigenvalue weighted by atomic mass is 35.5. The molecule has 0 aliphatic carbocycles. The molecular weight excluding hydrogens is 452 g/mol. The lowest BCUT2D eigenvalue weighted by Gasteiger charge is -2.16. The van der Waals surface area contributed by atoms with E-state index in [1.54, 1.807) is 24.3 Å². The molecule has 33 heavy (non-hydrogen) atoms. The van der Waals surface area contributed by atoms with E-state index >= 15 is 0 Å². The van der Waals surface area contributed by atoms with Gasteiger partial charge in [0, 0.05) is 15.6 Å². The van der Waals surface area contributed by atoms with Gasteiger partial charge in [-0.1, -0.05) is 66.5 Å². The van der Waals surface area contributed by atoms with Crippen LogP contribution in [0.4, 0.5) is 11.4 Å². The van der Waals surface area contributed by atoms with Crippen LogP contribution in [0.2, 0.25) is 5.02 Å². The van der Waals surface area contributed by atoms with Gasteiger partial charge in [0.2, 0.25) is 0 Å². The topological polar surface area (TPSA) is 49.4 Å². The molecule has 168 valence electrons. The van der Waals surface area contributed by atoms with E-state index in [4.69, 9.17) is 11.6 Å². The molecule has 1 N–H and O–H groups in total. The lowest BCUT2D eigenvalue weighted by atomic mass is 10.1. The van der Waals surface area contributed by atoms with Crippen LogP contribution in [-0.4, -0.2) is 11.8 Å². The van der Waals surface area contributed by atoms with Crippen LogP contribution in [0.1, 0.15) is 30.9 Å². The predicted octanol–water partition coefficient (Wildman–Crippen LogP) is 6.98. The van der Waals surface area contributed by atoms with E-state index < -0.39 is 0 Å². The number of aryl methyl sites for hydroxylation is 2. The van der Waals surface area contributed by atoms with Crippen molar-refractivity contribution in [3.8, 4) is 0 Å². The fourth-order valence-corrected chi connectivity index (χ4v) is 4.60. The third kappa shape index (κ3) is 5.32. The smallest absolute Gasteiger partial charge is 0.283 e. The third-order valence-corrected chi connectivity index (χ3v) is 6.75. The van der Waals surface area contributed by atoms with Gasteiger partial charge in [-0.15, -0.1) is 0 Å². The second-order valence-corrected chi connectivity index (χ2v) is 9.49. The molecule has 0 bridgehead atoms. The van der Waals surface area contributed by atoms with Gasteiger partial charge in [-0.25, -0.2) is 4.90 Å². The van der Waals surface area contributed by atoms with E-state index in [2.05, 4.69) is 12.2 Å².